The maximum absolute atomic E-state index is 13.8. The molecule has 18 atom stereocenters. The van der Waals surface area contributed by atoms with Gasteiger partial charge in [0.25, 0.3) is 0 Å². The minimum Gasteiger partial charge on any atom is -0.394 e. The van der Waals surface area contributed by atoms with Gasteiger partial charge in [-0.2, -0.15) is 0 Å². The van der Waals surface area contributed by atoms with Crippen LogP contribution in [0.2, 0.25) is 0 Å². The molecule has 2 aliphatic rings. The average molecular weight is 1870 g/mol. The molecule has 0 saturated carbocycles. The molecule has 0 aromatic rings. The SMILES string of the molecule is COSP(=O)(O)OCCCCCCCCOCC(COCCCOP(=O)(OCCCCCCOC1OC(CO)C(O)C(O)C1NC(C)=O)SOC)(COCCCOP(=O)(OCCCCCCOC1OC(CO)C(O)C(O)C1NC(C)=O)SOC)COCCCOP(=O)(OCCCCCCOC(OC(CO)[C@@H](C)O)[C@H](CO)NC(C)=O)SOC. The van der Waals surface area contributed by atoms with Gasteiger partial charge in [0.05, 0.1) is 139 Å². The van der Waals surface area contributed by atoms with Crippen LogP contribution in [0.25, 0.3) is 0 Å². The van der Waals surface area contributed by atoms with Crippen LogP contribution < -0.4 is 16.0 Å². The van der Waals surface area contributed by atoms with Crippen molar-refractivity contribution in [2.45, 2.75) is 248 Å². The van der Waals surface area contributed by atoms with Gasteiger partial charge in [-0.15, -0.1) is 0 Å². The first-order chi connectivity index (χ1) is 56.5. The summed E-state index contributed by atoms with van der Waals surface area (Å²) >= 11 is 2.07. The Morgan fingerprint density at radius 1 is 0.415 bits per heavy atom. The molecule has 2 fully saturated rings. The number of unbranched alkanes of at least 4 members (excludes halogenated alkanes) is 14. The molecule has 2 saturated heterocycles. The Morgan fingerprint density at radius 2 is 0.729 bits per heavy atom. The molecular formula is C69H137N3O38P4S4. The molecule has 13 N–H and O–H groups in total. The number of amides is 3. The van der Waals surface area contributed by atoms with Crippen molar-refractivity contribution in [3.8, 4) is 0 Å². The smallest absolute Gasteiger partial charge is 0.394 e. The lowest BCUT2D eigenvalue weighted by atomic mass is 9.92. The quantitative estimate of drug-likeness (QED) is 0.0134. The topological polar surface area (TPSA) is 552 Å². The summed E-state index contributed by atoms with van der Waals surface area (Å²) in [7, 11) is 5.28. The second-order valence-corrected chi connectivity index (χ2v) is 42.2. The molecule has 16 unspecified atom stereocenters. The fourth-order valence-electron chi connectivity index (χ4n) is 11.5. The Balaban J connectivity index is 2.19. The van der Waals surface area contributed by atoms with E-state index in [1.165, 1.54) is 56.1 Å². The minimum absolute atomic E-state index is 0.0112. The van der Waals surface area contributed by atoms with Crippen LogP contribution in [-0.2, 0) is 128 Å². The van der Waals surface area contributed by atoms with E-state index in [1.54, 1.807) is 0 Å². The Hall–Kier alpha value is -0.510. The van der Waals surface area contributed by atoms with Gasteiger partial charge in [-0.05, 0) is 77.6 Å². The average Bonchev–Trinajstić information content (AvgIpc) is 0.811. The van der Waals surface area contributed by atoms with E-state index in [9.17, 15) is 83.5 Å². The van der Waals surface area contributed by atoms with E-state index in [2.05, 4.69) is 20.1 Å². The number of carbonyl (C=O) groups is 3. The Morgan fingerprint density at radius 3 is 1.04 bits per heavy atom. The number of carbonyl (C=O) groups excluding carboxylic acids is 3. The lowest BCUT2D eigenvalue weighted by Crippen LogP contribution is -2.64. The monoisotopic (exact) mass is 1870 g/mol. The molecule has 3 amide bonds. The molecule has 0 bridgehead atoms. The first-order valence-corrected chi connectivity index (χ1v) is 51.4. The highest BCUT2D eigenvalue weighted by Gasteiger charge is 2.47. The second-order valence-electron chi connectivity index (χ2n) is 27.7. The molecule has 0 spiro atoms. The molecule has 0 radical (unpaired) electrons. The molecule has 0 aromatic carbocycles. The fraction of sp³-hybridized carbons (Fsp3) is 0.957. The summed E-state index contributed by atoms with van der Waals surface area (Å²) in [5.74, 6) is -1.39. The first-order valence-electron chi connectivity index (χ1n) is 39.8. The summed E-state index contributed by atoms with van der Waals surface area (Å²) in [5.41, 5.74) is -0.994. The van der Waals surface area contributed by atoms with Gasteiger partial charge < -0.3 is 131 Å². The van der Waals surface area contributed by atoms with Crippen molar-refractivity contribution in [1.82, 2.24) is 16.0 Å². The van der Waals surface area contributed by atoms with Gasteiger partial charge in [0.1, 0.15) is 108 Å². The fourth-order valence-corrected chi connectivity index (χ4v) is 19.9. The van der Waals surface area contributed by atoms with Crippen molar-refractivity contribution in [3.63, 3.8) is 0 Å². The van der Waals surface area contributed by atoms with Crippen LogP contribution >= 0.6 is 73.8 Å². The maximum Gasteiger partial charge on any atom is 0.415 e. The van der Waals surface area contributed by atoms with E-state index in [1.807, 2.05) is 0 Å². The molecule has 2 aliphatic heterocycles. The zero-order valence-electron chi connectivity index (χ0n) is 69.3. The minimum atomic E-state index is -3.89. The summed E-state index contributed by atoms with van der Waals surface area (Å²) in [5, 5.41) is 98.4. The highest BCUT2D eigenvalue weighted by Crippen LogP contribution is 2.63. The zero-order chi connectivity index (χ0) is 87.5. The lowest BCUT2D eigenvalue weighted by molar-refractivity contribution is -0.270. The standard InChI is InChI=1S/C69H137N3O38P4S4/c1-52(77)57(45-74)108-66(56(44-73)70-53(2)78)98-34-20-13-16-24-38-102-112(87,116-91-6)105-41-27-31-95-49-69(48-94-30-19-11-9-10-12-23-37-101-111(85,86)115-90-5,50-96-32-28-42-106-113(88,117-92-7)103-39-25-17-14-21-35-99-67-60(71-54(3)79)64(83)62(81)58(46-75)109-67)51-97-33-29-43-107-114(89,118-93-8)104-40-26-18-15-22-36-100-68-61(72-55(4)80)65(84)63(82)59(47-76)110-68/h52,56-68,73-77,81-84H,9-51H2,1-8H3,(H,70,78)(H,71,79)(H,72,80)(H,85,86)/t52-,56+,57?,58?,59?,60?,61?,62?,63?,64?,65?,66?,67?,68?,69?,112?,113?,114?/m1/s1. The van der Waals surface area contributed by atoms with Gasteiger partial charge in [-0.3, -0.25) is 46.0 Å². The van der Waals surface area contributed by atoms with Gasteiger partial charge in [0, 0.05) is 67.0 Å². The summed E-state index contributed by atoms with van der Waals surface area (Å²) in [6, 6.07) is -3.11. The molecule has 700 valence electrons. The molecule has 2 heterocycles. The van der Waals surface area contributed by atoms with E-state index < -0.39 is 163 Å². The number of aliphatic hydroxyl groups excluding tert-OH is 9. The summed E-state index contributed by atoms with van der Waals surface area (Å²) in [4.78, 5) is 45.2. The van der Waals surface area contributed by atoms with Gasteiger partial charge >= 0.3 is 27.2 Å². The summed E-state index contributed by atoms with van der Waals surface area (Å²) in [6.45, 7) is -11.2. The number of nitrogens with one attached hydrogen (secondary N) is 3. The largest absolute Gasteiger partial charge is 0.415 e. The summed E-state index contributed by atoms with van der Waals surface area (Å²) < 4.78 is 173. The zero-order valence-corrected chi connectivity index (χ0v) is 76.2. The van der Waals surface area contributed by atoms with Crippen molar-refractivity contribution in [3.05, 3.63) is 0 Å². The predicted octanol–water partition coefficient (Wildman–Crippen LogP) is 6.47. The highest BCUT2D eigenvalue weighted by molar-refractivity contribution is 8.53. The first kappa shape index (κ1) is 114. The second kappa shape index (κ2) is 67.7. The number of hydrogen-bond acceptors (Lipinski definition) is 41. The van der Waals surface area contributed by atoms with Gasteiger partial charge in [-0.1, -0.05) is 64.2 Å². The van der Waals surface area contributed by atoms with Crippen LogP contribution in [0.1, 0.15) is 163 Å². The third-order valence-electron chi connectivity index (χ3n) is 17.4. The van der Waals surface area contributed by atoms with Crippen molar-refractivity contribution in [2.24, 2.45) is 5.41 Å². The van der Waals surface area contributed by atoms with E-state index >= 15 is 0 Å². The maximum atomic E-state index is 13.8. The van der Waals surface area contributed by atoms with Crippen LogP contribution in [-0.4, -0.2) is 328 Å². The van der Waals surface area contributed by atoms with Crippen LogP contribution in [0.4, 0.5) is 0 Å². The summed E-state index contributed by atoms with van der Waals surface area (Å²) in [6.07, 6.45) is -1.47. The third kappa shape index (κ3) is 50.9. The van der Waals surface area contributed by atoms with E-state index in [-0.39, 0.29) is 132 Å². The van der Waals surface area contributed by atoms with Gasteiger partial charge in [0.15, 0.2) is 18.9 Å². The molecule has 41 nitrogen and oxygen atoms in total. The van der Waals surface area contributed by atoms with Crippen molar-refractivity contribution < 1.29 is 179 Å². The van der Waals surface area contributed by atoms with E-state index in [0.717, 1.165) is 25.7 Å². The third-order valence-corrected chi connectivity index (χ3v) is 28.5. The normalized spacial score (nSPS) is 23.4. The predicted molar refractivity (Wildman–Crippen MR) is 436 cm³/mol. The number of aliphatic hydroxyl groups is 9. The molecular weight excluding hydrogens is 1730 g/mol. The Labute approximate surface area is 710 Å². The van der Waals surface area contributed by atoms with Crippen LogP contribution in [0.3, 0.4) is 0 Å². The van der Waals surface area contributed by atoms with Crippen molar-refractivity contribution in [2.75, 3.05) is 174 Å². The van der Waals surface area contributed by atoms with Crippen molar-refractivity contribution >= 4 is 91.6 Å². The van der Waals surface area contributed by atoms with Crippen LogP contribution in [0.15, 0.2) is 0 Å². The molecule has 49 heteroatoms. The highest BCUT2D eigenvalue weighted by atomic mass is 32.8. The number of ether oxygens (including phenoxy) is 10. The van der Waals surface area contributed by atoms with Crippen LogP contribution in [0, 0.1) is 5.41 Å². The van der Waals surface area contributed by atoms with E-state index in [4.69, 9.17) is 91.6 Å². The van der Waals surface area contributed by atoms with Crippen LogP contribution in [0.5, 0.6) is 0 Å². The van der Waals surface area contributed by atoms with Crippen molar-refractivity contribution in [1.29, 1.82) is 0 Å². The van der Waals surface area contributed by atoms with E-state index in [0.29, 0.717) is 143 Å². The van der Waals surface area contributed by atoms with Gasteiger partial charge in [0.2, 0.25) is 17.7 Å². The Bertz CT molecular complexity index is 2670. The number of hydrogen-bond donors (Lipinski definition) is 13. The molecule has 0 aliphatic carbocycles. The molecule has 0 aromatic heterocycles. The van der Waals surface area contributed by atoms with Gasteiger partial charge in [-0.25, -0.2) is 18.3 Å². The lowest BCUT2D eigenvalue weighted by Gasteiger charge is -2.42. The molecule has 2 rings (SSSR count). The molecule has 118 heavy (non-hydrogen) atoms. The number of rotatable bonds is 79. The Kier molecular flexibility index (Phi) is 65.2.